The van der Waals surface area contributed by atoms with Gasteiger partial charge in [-0.2, -0.15) is 17.5 Å². The van der Waals surface area contributed by atoms with Gasteiger partial charge in [-0.1, -0.05) is 0 Å². The number of nitrogens with zero attached hydrogens (tertiary/aromatic N) is 4. The molecular weight excluding hydrogens is 409 g/mol. The second kappa shape index (κ2) is 10.3. The molecule has 0 radical (unpaired) electrons. The lowest BCUT2D eigenvalue weighted by atomic mass is 9.98. The van der Waals surface area contributed by atoms with E-state index >= 15 is 0 Å². The fourth-order valence-electron chi connectivity index (χ4n) is 3.60. The second-order valence-electron chi connectivity index (χ2n) is 7.82. The molecule has 2 aliphatic rings. The second-order valence-corrected chi connectivity index (χ2v) is 9.74. The van der Waals surface area contributed by atoms with E-state index in [0.29, 0.717) is 35.7 Å². The lowest BCUT2D eigenvalue weighted by Gasteiger charge is -2.36. The Morgan fingerprint density at radius 1 is 1.10 bits per heavy atom. The Labute approximate surface area is 171 Å². The van der Waals surface area contributed by atoms with Crippen molar-refractivity contribution in [3.05, 3.63) is 0 Å². The molecule has 29 heavy (non-hydrogen) atoms. The smallest absolute Gasteiger partial charge is 0.356 e. The quantitative estimate of drug-likeness (QED) is 0.457. The molecule has 2 N–H and O–H groups in total. The Morgan fingerprint density at radius 3 is 2.21 bits per heavy atom. The van der Waals surface area contributed by atoms with Crippen molar-refractivity contribution in [3.8, 4) is 0 Å². The number of hydrogen-bond donors (Lipinski definition) is 2. The van der Waals surface area contributed by atoms with Gasteiger partial charge in [0.1, 0.15) is 0 Å². The van der Waals surface area contributed by atoms with E-state index < -0.39 is 15.5 Å². The fraction of sp³-hybridized carbons (Fsp3) is 0.941. The Morgan fingerprint density at radius 2 is 1.69 bits per heavy atom. The van der Waals surface area contributed by atoms with Gasteiger partial charge in [-0.25, -0.2) is 8.42 Å². The van der Waals surface area contributed by atoms with E-state index in [1.165, 1.54) is 0 Å². The first-order valence-electron chi connectivity index (χ1n) is 9.98. The first-order chi connectivity index (χ1) is 13.5. The molecular formula is C17H33F3N6O2S. The van der Waals surface area contributed by atoms with Crippen LogP contribution in [-0.4, -0.2) is 106 Å². The van der Waals surface area contributed by atoms with Gasteiger partial charge in [0.05, 0.1) is 0 Å². The number of rotatable bonds is 6. The van der Waals surface area contributed by atoms with Crippen LogP contribution in [0.4, 0.5) is 13.2 Å². The predicted molar refractivity (Wildman–Crippen MR) is 107 cm³/mol. The number of alkyl halides is 3. The van der Waals surface area contributed by atoms with Crippen LogP contribution in [0.5, 0.6) is 0 Å². The maximum atomic E-state index is 12.6. The van der Waals surface area contributed by atoms with Crippen LogP contribution in [0, 0.1) is 5.92 Å². The minimum Gasteiger partial charge on any atom is -0.356 e. The largest absolute Gasteiger partial charge is 0.511 e. The van der Waals surface area contributed by atoms with Gasteiger partial charge in [-0.15, -0.1) is 0 Å². The maximum Gasteiger partial charge on any atom is 0.511 e. The summed E-state index contributed by atoms with van der Waals surface area (Å²) in [6, 6.07) is 0.359. The molecule has 2 saturated heterocycles. The van der Waals surface area contributed by atoms with E-state index in [1.807, 2.05) is 0 Å². The van der Waals surface area contributed by atoms with E-state index in [9.17, 15) is 21.6 Å². The van der Waals surface area contributed by atoms with Crippen molar-refractivity contribution in [1.82, 2.24) is 24.7 Å². The summed E-state index contributed by atoms with van der Waals surface area (Å²) in [5.74, 6) is 0.750. The molecule has 0 aliphatic carbocycles. The highest BCUT2D eigenvalue weighted by atomic mass is 32.2. The summed E-state index contributed by atoms with van der Waals surface area (Å²) >= 11 is 0. The van der Waals surface area contributed by atoms with Gasteiger partial charge >= 0.3 is 15.5 Å². The third kappa shape index (κ3) is 6.69. The first kappa shape index (κ1) is 24.2. The summed E-state index contributed by atoms with van der Waals surface area (Å²) in [4.78, 5) is 8.94. The van der Waals surface area contributed by atoms with Gasteiger partial charge in [-0.05, 0) is 32.7 Å². The summed E-state index contributed by atoms with van der Waals surface area (Å²) < 4.78 is 61.4. The van der Waals surface area contributed by atoms with Crippen LogP contribution in [0.1, 0.15) is 19.8 Å². The summed E-state index contributed by atoms with van der Waals surface area (Å²) in [7, 11) is -1.43. The summed E-state index contributed by atoms with van der Waals surface area (Å²) in [6.45, 7) is 7.41. The molecule has 170 valence electrons. The van der Waals surface area contributed by atoms with E-state index in [1.54, 1.807) is 7.05 Å². The highest BCUT2D eigenvalue weighted by Gasteiger charge is 2.50. The van der Waals surface area contributed by atoms with Gasteiger partial charge in [0.25, 0.3) is 0 Å². The first-order valence-corrected chi connectivity index (χ1v) is 11.4. The SMILES string of the molecule is CN=C(NCC1CCN(S(=O)(=O)C(F)(F)F)CC1)NCC(C)N1CCN(C)CC1. The molecule has 2 heterocycles. The lowest BCUT2D eigenvalue weighted by Crippen LogP contribution is -2.52. The zero-order valence-electron chi connectivity index (χ0n) is 17.4. The number of hydrogen-bond acceptors (Lipinski definition) is 5. The molecule has 8 nitrogen and oxygen atoms in total. The van der Waals surface area contributed by atoms with Crippen LogP contribution >= 0.6 is 0 Å². The molecule has 0 saturated carbocycles. The molecule has 1 unspecified atom stereocenters. The number of sulfonamides is 1. The number of likely N-dealkylation sites (N-methyl/N-ethyl adjacent to an activating group) is 1. The number of piperidine rings is 1. The Bertz CT molecular complexity index is 642. The van der Waals surface area contributed by atoms with Crippen molar-refractivity contribution < 1.29 is 21.6 Å². The Hall–Kier alpha value is -1.11. The molecule has 12 heteroatoms. The molecule has 2 fully saturated rings. The number of aliphatic imine (C=N–C) groups is 1. The van der Waals surface area contributed by atoms with Crippen molar-refractivity contribution in [2.24, 2.45) is 10.9 Å². The van der Waals surface area contributed by atoms with Gasteiger partial charge in [0.15, 0.2) is 5.96 Å². The molecule has 0 amide bonds. The van der Waals surface area contributed by atoms with Crippen molar-refractivity contribution in [2.45, 2.75) is 31.3 Å². The Kier molecular flexibility index (Phi) is 8.56. The van der Waals surface area contributed by atoms with Crippen LogP contribution in [0.15, 0.2) is 4.99 Å². The van der Waals surface area contributed by atoms with Crippen LogP contribution < -0.4 is 10.6 Å². The Balaban J connectivity index is 1.71. The average molecular weight is 443 g/mol. The van der Waals surface area contributed by atoms with Crippen molar-refractivity contribution in [3.63, 3.8) is 0 Å². The fourth-order valence-corrected chi connectivity index (χ4v) is 4.58. The molecule has 2 rings (SSSR count). The minimum atomic E-state index is -5.23. The average Bonchev–Trinajstić information content (AvgIpc) is 2.68. The van der Waals surface area contributed by atoms with E-state index in [0.717, 1.165) is 32.7 Å². The minimum absolute atomic E-state index is 0.100. The third-order valence-electron chi connectivity index (χ3n) is 5.71. The van der Waals surface area contributed by atoms with Gasteiger partial charge in [0.2, 0.25) is 0 Å². The van der Waals surface area contributed by atoms with Crippen LogP contribution in [0.25, 0.3) is 0 Å². The van der Waals surface area contributed by atoms with Crippen LogP contribution in [0.3, 0.4) is 0 Å². The number of guanidine groups is 1. The zero-order valence-corrected chi connectivity index (χ0v) is 18.2. The number of nitrogens with one attached hydrogen (secondary N) is 2. The highest BCUT2D eigenvalue weighted by Crippen LogP contribution is 2.30. The number of halogens is 3. The lowest BCUT2D eigenvalue weighted by molar-refractivity contribution is -0.0496. The van der Waals surface area contributed by atoms with Crippen LogP contribution in [-0.2, 0) is 10.0 Å². The molecule has 0 bridgehead atoms. The molecule has 0 aromatic carbocycles. The zero-order chi connectivity index (χ0) is 21.7. The highest BCUT2D eigenvalue weighted by molar-refractivity contribution is 7.90. The summed E-state index contributed by atoms with van der Waals surface area (Å²) in [6.07, 6.45) is 0.772. The van der Waals surface area contributed by atoms with E-state index in [4.69, 9.17) is 0 Å². The van der Waals surface area contributed by atoms with Crippen molar-refractivity contribution in [1.29, 1.82) is 0 Å². The standard InChI is InChI=1S/C17H33F3N6O2S/c1-14(25-10-8-24(3)9-11-25)12-22-16(21-2)23-13-15-4-6-26(7-5-15)29(27,28)17(18,19)20/h14-15H,4-13H2,1-3H3,(H2,21,22,23). The van der Waals surface area contributed by atoms with E-state index in [2.05, 4.69) is 39.4 Å². The molecule has 0 spiro atoms. The molecule has 2 aliphatic heterocycles. The van der Waals surface area contributed by atoms with Crippen LogP contribution in [0.2, 0.25) is 0 Å². The predicted octanol–water partition coefficient (Wildman–Crippen LogP) is 0.349. The van der Waals surface area contributed by atoms with E-state index in [-0.39, 0.29) is 19.0 Å². The summed E-state index contributed by atoms with van der Waals surface area (Å²) in [5, 5.41) is 6.51. The van der Waals surface area contributed by atoms with Gasteiger partial charge < -0.3 is 15.5 Å². The normalized spacial score (nSPS) is 23.2. The maximum absolute atomic E-state index is 12.6. The number of piperazine rings is 1. The molecule has 1 atom stereocenters. The topological polar surface area (TPSA) is 80.3 Å². The van der Waals surface area contributed by atoms with Gasteiger partial charge in [-0.3, -0.25) is 9.89 Å². The molecule has 0 aromatic rings. The van der Waals surface area contributed by atoms with Crippen molar-refractivity contribution in [2.75, 3.05) is 66.5 Å². The summed E-state index contributed by atoms with van der Waals surface area (Å²) in [5.41, 5.74) is -5.23. The third-order valence-corrected chi connectivity index (χ3v) is 7.34. The van der Waals surface area contributed by atoms with Gasteiger partial charge in [0, 0.05) is 65.4 Å². The monoisotopic (exact) mass is 442 g/mol. The molecule has 0 aromatic heterocycles. The van der Waals surface area contributed by atoms with Crippen molar-refractivity contribution >= 4 is 16.0 Å².